The van der Waals surface area contributed by atoms with Crippen LogP contribution in [0.4, 0.5) is 11.6 Å². The number of aryl methyl sites for hydroxylation is 1. The summed E-state index contributed by atoms with van der Waals surface area (Å²) in [5.41, 5.74) is 6.40. The summed E-state index contributed by atoms with van der Waals surface area (Å²) >= 11 is 0. The van der Waals surface area contributed by atoms with Crippen LogP contribution in [0.2, 0.25) is 0 Å². The lowest BCUT2D eigenvalue weighted by Crippen LogP contribution is -2.07. The highest BCUT2D eigenvalue weighted by atomic mass is 15.2. The fourth-order valence-corrected chi connectivity index (χ4v) is 3.12. The molecule has 0 aliphatic rings. The maximum atomic E-state index is 4.68. The van der Waals surface area contributed by atoms with Crippen LogP contribution in [0.3, 0.4) is 0 Å². The summed E-state index contributed by atoms with van der Waals surface area (Å²) in [5, 5.41) is 3.42. The van der Waals surface area contributed by atoms with E-state index in [1.807, 2.05) is 45.5 Å². The fraction of sp³-hybridized carbons (Fsp3) is 0.182. The summed E-state index contributed by atoms with van der Waals surface area (Å²) in [6.07, 6.45) is 1.85. The summed E-state index contributed by atoms with van der Waals surface area (Å²) in [6.45, 7) is 0.740. The van der Waals surface area contributed by atoms with Gasteiger partial charge in [-0.05, 0) is 23.8 Å². The van der Waals surface area contributed by atoms with Crippen LogP contribution in [0.5, 0.6) is 0 Å². The van der Waals surface area contributed by atoms with Gasteiger partial charge in [0.2, 0.25) is 5.95 Å². The Kier molecular flexibility index (Phi) is 4.50. The largest absolute Gasteiger partial charge is 0.378 e. The van der Waals surface area contributed by atoms with E-state index in [9.17, 15) is 0 Å². The average molecular weight is 357 g/mol. The Bertz CT molecular complexity index is 1050. The number of nitrogens with one attached hydrogen (secondary N) is 1. The number of nitrogens with zero attached hydrogens (tertiary/aromatic N) is 4. The Morgan fingerprint density at radius 3 is 2.44 bits per heavy atom. The van der Waals surface area contributed by atoms with Gasteiger partial charge in [-0.1, -0.05) is 42.5 Å². The SMILES string of the molecule is CN(C)c1ccc(-c2cc3c(cn2)nc(NCc2ccccc2)n3C)cc1. The highest BCUT2D eigenvalue weighted by molar-refractivity contribution is 5.82. The first-order valence-corrected chi connectivity index (χ1v) is 9.00. The maximum absolute atomic E-state index is 4.68. The van der Waals surface area contributed by atoms with Crippen LogP contribution >= 0.6 is 0 Å². The van der Waals surface area contributed by atoms with Gasteiger partial charge in [0.25, 0.3) is 0 Å². The number of hydrogen-bond donors (Lipinski definition) is 1. The van der Waals surface area contributed by atoms with Gasteiger partial charge in [0.05, 0.1) is 17.4 Å². The molecule has 0 bridgehead atoms. The number of imidazole rings is 1. The third-order valence-electron chi connectivity index (χ3n) is 4.74. The van der Waals surface area contributed by atoms with Crippen LogP contribution < -0.4 is 10.2 Å². The lowest BCUT2D eigenvalue weighted by atomic mass is 10.1. The fourth-order valence-electron chi connectivity index (χ4n) is 3.12. The molecule has 0 aliphatic carbocycles. The molecule has 136 valence electrons. The monoisotopic (exact) mass is 357 g/mol. The van der Waals surface area contributed by atoms with E-state index < -0.39 is 0 Å². The third kappa shape index (κ3) is 3.49. The van der Waals surface area contributed by atoms with Crippen molar-refractivity contribution in [3.8, 4) is 11.3 Å². The molecule has 2 aromatic carbocycles. The molecule has 0 radical (unpaired) electrons. The number of fused-ring (bicyclic) bond motifs is 1. The van der Waals surface area contributed by atoms with Crippen LogP contribution in [0, 0.1) is 0 Å². The normalized spacial score (nSPS) is 10.9. The van der Waals surface area contributed by atoms with Crippen molar-refractivity contribution in [3.63, 3.8) is 0 Å². The highest BCUT2D eigenvalue weighted by Crippen LogP contribution is 2.25. The molecular weight excluding hydrogens is 334 g/mol. The van der Waals surface area contributed by atoms with Gasteiger partial charge in [0.1, 0.15) is 5.52 Å². The first kappa shape index (κ1) is 17.1. The summed E-state index contributed by atoms with van der Waals surface area (Å²) in [5.74, 6) is 0.843. The number of rotatable bonds is 5. The van der Waals surface area contributed by atoms with Crippen LogP contribution in [0.25, 0.3) is 22.3 Å². The zero-order valence-corrected chi connectivity index (χ0v) is 15.8. The third-order valence-corrected chi connectivity index (χ3v) is 4.74. The lowest BCUT2D eigenvalue weighted by molar-refractivity contribution is 0.927. The average Bonchev–Trinajstić information content (AvgIpc) is 3.02. The van der Waals surface area contributed by atoms with Gasteiger partial charge in [-0.25, -0.2) is 4.98 Å². The quantitative estimate of drug-likeness (QED) is 0.578. The minimum absolute atomic E-state index is 0.740. The number of aromatic nitrogens is 3. The van der Waals surface area contributed by atoms with E-state index in [-0.39, 0.29) is 0 Å². The second-order valence-corrected chi connectivity index (χ2v) is 6.83. The molecule has 4 rings (SSSR count). The Morgan fingerprint density at radius 1 is 1.00 bits per heavy atom. The smallest absolute Gasteiger partial charge is 0.203 e. The second kappa shape index (κ2) is 7.11. The molecule has 0 atom stereocenters. The molecule has 0 fully saturated rings. The zero-order chi connectivity index (χ0) is 18.8. The number of anilines is 2. The van der Waals surface area contributed by atoms with Gasteiger partial charge in [-0.3, -0.25) is 4.98 Å². The number of pyridine rings is 1. The minimum atomic E-state index is 0.740. The predicted molar refractivity (Wildman–Crippen MR) is 112 cm³/mol. The summed E-state index contributed by atoms with van der Waals surface area (Å²) < 4.78 is 2.08. The van der Waals surface area contributed by atoms with Gasteiger partial charge in [-0.2, -0.15) is 0 Å². The van der Waals surface area contributed by atoms with Crippen molar-refractivity contribution in [2.45, 2.75) is 6.54 Å². The van der Waals surface area contributed by atoms with Crippen molar-refractivity contribution in [2.24, 2.45) is 7.05 Å². The van der Waals surface area contributed by atoms with Gasteiger partial charge < -0.3 is 14.8 Å². The molecule has 0 saturated carbocycles. The van der Waals surface area contributed by atoms with Gasteiger partial charge in [0.15, 0.2) is 0 Å². The molecular formula is C22H23N5. The highest BCUT2D eigenvalue weighted by Gasteiger charge is 2.10. The standard InChI is InChI=1S/C22H23N5/c1-26(2)18-11-9-17(10-12-18)19-13-21-20(15-23-19)25-22(27(21)3)24-14-16-7-5-4-6-8-16/h4-13,15H,14H2,1-3H3,(H,24,25). The molecule has 0 aliphatic heterocycles. The molecule has 2 heterocycles. The Hall–Kier alpha value is -3.34. The molecule has 5 heteroatoms. The van der Waals surface area contributed by atoms with Gasteiger partial charge in [-0.15, -0.1) is 0 Å². The van der Waals surface area contributed by atoms with Crippen molar-refractivity contribution in [1.29, 1.82) is 0 Å². The minimum Gasteiger partial charge on any atom is -0.378 e. The summed E-state index contributed by atoms with van der Waals surface area (Å²) in [6, 6.07) is 20.8. The predicted octanol–water partition coefficient (Wildman–Crippen LogP) is 4.31. The summed E-state index contributed by atoms with van der Waals surface area (Å²) in [7, 11) is 6.11. The van der Waals surface area contributed by atoms with Crippen LogP contribution in [0.1, 0.15) is 5.56 Å². The van der Waals surface area contributed by atoms with E-state index in [1.54, 1.807) is 0 Å². The van der Waals surface area contributed by atoms with Crippen LogP contribution in [-0.4, -0.2) is 28.6 Å². The lowest BCUT2D eigenvalue weighted by Gasteiger charge is -2.12. The van der Waals surface area contributed by atoms with Gasteiger partial charge >= 0.3 is 0 Å². The molecule has 4 aromatic rings. The molecule has 0 saturated heterocycles. The molecule has 0 spiro atoms. The molecule has 1 N–H and O–H groups in total. The van der Waals surface area contributed by atoms with Crippen molar-refractivity contribution >= 4 is 22.7 Å². The Balaban J connectivity index is 1.61. The van der Waals surface area contributed by atoms with Crippen LogP contribution in [0.15, 0.2) is 66.9 Å². The van der Waals surface area contributed by atoms with Crippen molar-refractivity contribution in [1.82, 2.24) is 14.5 Å². The maximum Gasteiger partial charge on any atom is 0.203 e. The Morgan fingerprint density at radius 2 is 1.74 bits per heavy atom. The topological polar surface area (TPSA) is 46.0 Å². The van der Waals surface area contributed by atoms with Crippen LogP contribution in [-0.2, 0) is 13.6 Å². The molecule has 27 heavy (non-hydrogen) atoms. The van der Waals surface area contributed by atoms with E-state index in [0.29, 0.717) is 0 Å². The van der Waals surface area contributed by atoms with Gasteiger partial charge in [0, 0.05) is 38.9 Å². The van der Waals surface area contributed by atoms with Crippen molar-refractivity contribution in [2.75, 3.05) is 24.3 Å². The van der Waals surface area contributed by atoms with E-state index in [1.165, 1.54) is 11.3 Å². The van der Waals surface area contributed by atoms with E-state index in [0.717, 1.165) is 34.8 Å². The Labute approximate surface area is 159 Å². The summed E-state index contributed by atoms with van der Waals surface area (Å²) in [4.78, 5) is 11.4. The number of hydrogen-bond acceptors (Lipinski definition) is 4. The van der Waals surface area contributed by atoms with Crippen molar-refractivity contribution in [3.05, 3.63) is 72.4 Å². The molecule has 0 amide bonds. The van der Waals surface area contributed by atoms with E-state index in [4.69, 9.17) is 0 Å². The second-order valence-electron chi connectivity index (χ2n) is 6.83. The molecule has 5 nitrogen and oxygen atoms in total. The molecule has 2 aromatic heterocycles. The number of benzene rings is 2. The molecule has 0 unspecified atom stereocenters. The first-order valence-electron chi connectivity index (χ1n) is 9.00. The van der Waals surface area contributed by atoms with Crippen molar-refractivity contribution < 1.29 is 0 Å². The first-order chi connectivity index (χ1) is 13.1. The zero-order valence-electron chi connectivity index (χ0n) is 15.8. The van der Waals surface area contributed by atoms with E-state index >= 15 is 0 Å². The van der Waals surface area contributed by atoms with E-state index in [2.05, 4.69) is 67.2 Å².